The fourth-order valence-corrected chi connectivity index (χ4v) is 3.49. The van der Waals surface area contributed by atoms with Crippen molar-refractivity contribution in [1.82, 2.24) is 25.0 Å². The highest BCUT2D eigenvalue weighted by molar-refractivity contribution is 7.71. The molecule has 1 amide bonds. The molecule has 0 spiro atoms. The summed E-state index contributed by atoms with van der Waals surface area (Å²) in [5, 5.41) is 10.2. The summed E-state index contributed by atoms with van der Waals surface area (Å²) in [4.78, 5) is 14.7. The van der Waals surface area contributed by atoms with E-state index in [9.17, 15) is 4.79 Å². The number of hydrogen-bond donors (Lipinski definition) is 2. The maximum absolute atomic E-state index is 12.4. The van der Waals surface area contributed by atoms with Gasteiger partial charge in [-0.1, -0.05) is 0 Å². The van der Waals surface area contributed by atoms with Crippen LogP contribution in [0, 0.1) is 4.77 Å². The van der Waals surface area contributed by atoms with Crippen molar-refractivity contribution in [2.75, 3.05) is 40.0 Å². The normalized spacial score (nSPS) is 15.9. The van der Waals surface area contributed by atoms with Gasteiger partial charge in [0, 0.05) is 44.2 Å². The van der Waals surface area contributed by atoms with E-state index in [-0.39, 0.29) is 11.9 Å². The zero-order valence-electron chi connectivity index (χ0n) is 16.3. The van der Waals surface area contributed by atoms with Gasteiger partial charge >= 0.3 is 0 Å². The first-order valence-electron chi connectivity index (χ1n) is 9.46. The topological polar surface area (TPSA) is 84.4 Å². The van der Waals surface area contributed by atoms with E-state index in [1.54, 1.807) is 7.11 Å². The number of rotatable bonds is 8. The SMILES string of the molecule is COc1ccc(-c2n[nH]c(=S)n2CCC(=O)NC(C)CN2CCOCC2)cc1. The van der Waals surface area contributed by atoms with E-state index in [1.807, 2.05) is 35.8 Å². The number of aromatic amines is 1. The molecule has 1 aromatic carbocycles. The van der Waals surface area contributed by atoms with Gasteiger partial charge in [-0.15, -0.1) is 0 Å². The van der Waals surface area contributed by atoms with Gasteiger partial charge in [0.15, 0.2) is 10.6 Å². The van der Waals surface area contributed by atoms with Crippen molar-refractivity contribution in [3.05, 3.63) is 29.0 Å². The largest absolute Gasteiger partial charge is 0.497 e. The number of carbonyl (C=O) groups is 1. The number of nitrogens with one attached hydrogen (secondary N) is 2. The molecule has 0 aliphatic carbocycles. The van der Waals surface area contributed by atoms with Crippen LogP contribution in [0.3, 0.4) is 0 Å². The minimum absolute atomic E-state index is 0.00420. The number of aromatic nitrogens is 3. The van der Waals surface area contributed by atoms with Crippen LogP contribution in [0.15, 0.2) is 24.3 Å². The zero-order valence-corrected chi connectivity index (χ0v) is 17.1. The molecule has 152 valence electrons. The van der Waals surface area contributed by atoms with Gasteiger partial charge in [-0.25, -0.2) is 0 Å². The monoisotopic (exact) mass is 405 g/mol. The number of H-pyrrole nitrogens is 1. The summed E-state index contributed by atoms with van der Waals surface area (Å²) >= 11 is 5.34. The van der Waals surface area contributed by atoms with Crippen LogP contribution in [0.25, 0.3) is 11.4 Å². The van der Waals surface area contributed by atoms with Gasteiger partial charge in [-0.2, -0.15) is 5.10 Å². The van der Waals surface area contributed by atoms with Crippen LogP contribution in [-0.2, 0) is 16.1 Å². The molecule has 3 rings (SSSR count). The van der Waals surface area contributed by atoms with Crippen LogP contribution in [-0.4, -0.2) is 71.6 Å². The number of benzene rings is 1. The molecule has 8 nitrogen and oxygen atoms in total. The van der Waals surface area contributed by atoms with Gasteiger partial charge in [0.1, 0.15) is 5.75 Å². The van der Waals surface area contributed by atoms with Crippen molar-refractivity contribution in [2.24, 2.45) is 0 Å². The summed E-state index contributed by atoms with van der Waals surface area (Å²) in [6, 6.07) is 7.67. The molecule has 2 heterocycles. The lowest BCUT2D eigenvalue weighted by Crippen LogP contribution is -2.46. The molecule has 0 bridgehead atoms. The Kier molecular flexibility index (Phi) is 7.18. The van der Waals surface area contributed by atoms with Gasteiger partial charge in [0.25, 0.3) is 0 Å². The van der Waals surface area contributed by atoms with Crippen LogP contribution in [0.5, 0.6) is 5.75 Å². The van der Waals surface area contributed by atoms with Crippen LogP contribution in [0.4, 0.5) is 0 Å². The third kappa shape index (κ3) is 5.40. The second-order valence-corrected chi connectivity index (χ2v) is 7.25. The molecule has 1 atom stereocenters. The molecule has 2 N–H and O–H groups in total. The van der Waals surface area contributed by atoms with Gasteiger partial charge in [0.05, 0.1) is 20.3 Å². The highest BCUT2D eigenvalue weighted by atomic mass is 32.1. The van der Waals surface area contributed by atoms with Crippen molar-refractivity contribution in [3.8, 4) is 17.1 Å². The average Bonchev–Trinajstić information content (AvgIpc) is 3.07. The number of amides is 1. The summed E-state index contributed by atoms with van der Waals surface area (Å²) in [6.45, 7) is 6.66. The smallest absolute Gasteiger partial charge is 0.222 e. The second kappa shape index (κ2) is 9.81. The van der Waals surface area contributed by atoms with Crippen molar-refractivity contribution in [2.45, 2.75) is 25.9 Å². The molecule has 1 aliphatic heterocycles. The fourth-order valence-electron chi connectivity index (χ4n) is 3.26. The minimum atomic E-state index is 0.00420. The Morgan fingerprint density at radius 1 is 1.36 bits per heavy atom. The molecular weight excluding hydrogens is 378 g/mol. The van der Waals surface area contributed by atoms with E-state index in [4.69, 9.17) is 21.7 Å². The predicted octanol–water partition coefficient (Wildman–Crippen LogP) is 1.84. The molecule has 0 saturated carbocycles. The average molecular weight is 406 g/mol. The van der Waals surface area contributed by atoms with E-state index < -0.39 is 0 Å². The van der Waals surface area contributed by atoms with Crippen LogP contribution >= 0.6 is 12.2 Å². The molecule has 2 aromatic rings. The maximum atomic E-state index is 12.4. The first-order chi connectivity index (χ1) is 13.6. The lowest BCUT2D eigenvalue weighted by molar-refractivity contribution is -0.122. The number of methoxy groups -OCH3 is 1. The molecule has 1 saturated heterocycles. The van der Waals surface area contributed by atoms with Gasteiger partial charge in [0.2, 0.25) is 5.91 Å². The molecule has 1 aliphatic rings. The van der Waals surface area contributed by atoms with E-state index in [2.05, 4.69) is 20.4 Å². The Hall–Kier alpha value is -2.23. The van der Waals surface area contributed by atoms with E-state index in [1.165, 1.54) is 0 Å². The van der Waals surface area contributed by atoms with E-state index in [0.717, 1.165) is 44.2 Å². The molecule has 9 heteroatoms. The summed E-state index contributed by atoms with van der Waals surface area (Å²) in [6.07, 6.45) is 0.338. The lowest BCUT2D eigenvalue weighted by atomic mass is 10.2. The van der Waals surface area contributed by atoms with E-state index in [0.29, 0.717) is 23.6 Å². The molecular formula is C19H27N5O3S. The maximum Gasteiger partial charge on any atom is 0.222 e. The zero-order chi connectivity index (χ0) is 19.9. The number of morpholine rings is 1. The van der Waals surface area contributed by atoms with Crippen LogP contribution < -0.4 is 10.1 Å². The fraction of sp³-hybridized carbons (Fsp3) is 0.526. The minimum Gasteiger partial charge on any atom is -0.497 e. The van der Waals surface area contributed by atoms with E-state index >= 15 is 0 Å². The predicted molar refractivity (Wildman–Crippen MR) is 109 cm³/mol. The Balaban J connectivity index is 1.55. The highest BCUT2D eigenvalue weighted by Crippen LogP contribution is 2.21. The molecule has 1 aromatic heterocycles. The third-order valence-corrected chi connectivity index (χ3v) is 5.02. The molecule has 1 fully saturated rings. The first-order valence-corrected chi connectivity index (χ1v) is 9.86. The number of hydrogen-bond acceptors (Lipinski definition) is 6. The number of nitrogens with zero attached hydrogens (tertiary/aromatic N) is 3. The molecule has 0 radical (unpaired) electrons. The number of ether oxygens (including phenoxy) is 2. The van der Waals surface area contributed by atoms with Gasteiger partial charge in [-0.3, -0.25) is 19.4 Å². The van der Waals surface area contributed by atoms with Crippen LogP contribution in [0.1, 0.15) is 13.3 Å². The van der Waals surface area contributed by atoms with Crippen molar-refractivity contribution >= 4 is 18.1 Å². The second-order valence-electron chi connectivity index (χ2n) is 6.86. The summed E-state index contributed by atoms with van der Waals surface area (Å²) in [7, 11) is 1.63. The lowest BCUT2D eigenvalue weighted by Gasteiger charge is -2.29. The van der Waals surface area contributed by atoms with Gasteiger partial charge < -0.3 is 14.8 Å². The Morgan fingerprint density at radius 2 is 2.07 bits per heavy atom. The van der Waals surface area contributed by atoms with Crippen molar-refractivity contribution in [1.29, 1.82) is 0 Å². The summed E-state index contributed by atoms with van der Waals surface area (Å²) < 4.78 is 12.9. The highest BCUT2D eigenvalue weighted by Gasteiger charge is 2.16. The van der Waals surface area contributed by atoms with Crippen LogP contribution in [0.2, 0.25) is 0 Å². The first kappa shape index (κ1) is 20.5. The standard InChI is InChI=1S/C19H27N5O3S/c1-14(13-23-9-11-27-12-10-23)20-17(25)7-8-24-18(21-22-19(24)28)15-3-5-16(26-2)6-4-15/h3-6,14H,7-13H2,1-2H3,(H,20,25)(H,22,28). The van der Waals surface area contributed by atoms with Crippen molar-refractivity contribution < 1.29 is 14.3 Å². The Bertz CT molecular complexity index is 827. The molecule has 28 heavy (non-hydrogen) atoms. The molecule has 1 unspecified atom stereocenters. The third-order valence-electron chi connectivity index (χ3n) is 4.71. The van der Waals surface area contributed by atoms with Gasteiger partial charge in [-0.05, 0) is 43.4 Å². The summed E-state index contributed by atoms with van der Waals surface area (Å²) in [5.41, 5.74) is 0.911. The number of carbonyl (C=O) groups excluding carboxylic acids is 1. The Labute approximate surface area is 169 Å². The Morgan fingerprint density at radius 3 is 2.75 bits per heavy atom. The summed E-state index contributed by atoms with van der Waals surface area (Å²) in [5.74, 6) is 1.49. The van der Waals surface area contributed by atoms with Crippen molar-refractivity contribution in [3.63, 3.8) is 0 Å². The quantitative estimate of drug-likeness (QED) is 0.652.